The van der Waals surface area contributed by atoms with Crippen LogP contribution in [0.25, 0.3) is 0 Å². The van der Waals surface area contributed by atoms with E-state index >= 15 is 0 Å². The summed E-state index contributed by atoms with van der Waals surface area (Å²) >= 11 is 1.76. The van der Waals surface area contributed by atoms with E-state index in [0.717, 1.165) is 23.7 Å². The molecule has 0 aliphatic rings. The van der Waals surface area contributed by atoms with Gasteiger partial charge in [0, 0.05) is 35.4 Å². The van der Waals surface area contributed by atoms with Gasteiger partial charge < -0.3 is 15.4 Å². The molecular formula is C14H18N2OS. The molecule has 2 N–H and O–H groups in total. The average molecular weight is 262 g/mol. The molecule has 0 aliphatic heterocycles. The first-order valence-electron chi connectivity index (χ1n) is 5.96. The van der Waals surface area contributed by atoms with Crippen LogP contribution in [-0.4, -0.2) is 13.7 Å². The molecule has 96 valence electrons. The van der Waals surface area contributed by atoms with Crippen molar-refractivity contribution in [2.45, 2.75) is 13.5 Å². The summed E-state index contributed by atoms with van der Waals surface area (Å²) in [6.07, 6.45) is 0. The zero-order valence-corrected chi connectivity index (χ0v) is 11.5. The number of nitrogens with zero attached hydrogens (tertiary/aromatic N) is 1. The molecule has 2 rings (SSSR count). The van der Waals surface area contributed by atoms with E-state index in [-0.39, 0.29) is 0 Å². The molecule has 1 aromatic heterocycles. The van der Waals surface area contributed by atoms with Crippen LogP contribution in [0.2, 0.25) is 0 Å². The second-order valence-electron chi connectivity index (χ2n) is 4.13. The van der Waals surface area contributed by atoms with Crippen LogP contribution in [0, 0.1) is 0 Å². The minimum absolute atomic E-state index is 0.650. The van der Waals surface area contributed by atoms with Gasteiger partial charge >= 0.3 is 0 Å². The summed E-state index contributed by atoms with van der Waals surface area (Å²) in [4.78, 5) is 3.50. The molecule has 0 radical (unpaired) electrons. The Kier molecular flexibility index (Phi) is 4.10. The molecule has 0 aliphatic carbocycles. The zero-order valence-electron chi connectivity index (χ0n) is 10.7. The van der Waals surface area contributed by atoms with Gasteiger partial charge in [-0.2, -0.15) is 0 Å². The van der Waals surface area contributed by atoms with Crippen molar-refractivity contribution in [1.82, 2.24) is 0 Å². The van der Waals surface area contributed by atoms with Crippen LogP contribution in [0.4, 0.5) is 11.4 Å². The van der Waals surface area contributed by atoms with E-state index in [9.17, 15) is 0 Å². The van der Waals surface area contributed by atoms with Crippen molar-refractivity contribution in [2.75, 3.05) is 24.3 Å². The molecule has 1 heterocycles. The van der Waals surface area contributed by atoms with E-state index in [1.54, 1.807) is 11.3 Å². The number of nitrogen functional groups attached to an aromatic ring is 1. The molecule has 0 amide bonds. The van der Waals surface area contributed by atoms with E-state index < -0.39 is 0 Å². The summed E-state index contributed by atoms with van der Waals surface area (Å²) in [6.45, 7) is 3.50. The first-order chi connectivity index (χ1) is 8.69. The highest BCUT2D eigenvalue weighted by Gasteiger charge is 2.06. The predicted octanol–water partition coefficient (Wildman–Crippen LogP) is 3.37. The number of hydrogen-bond donors (Lipinski definition) is 1. The fraction of sp³-hybridized carbons (Fsp3) is 0.286. The lowest BCUT2D eigenvalue weighted by Gasteiger charge is -2.20. The summed E-state index contributed by atoms with van der Waals surface area (Å²) in [5, 5.41) is 2.09. The second kappa shape index (κ2) is 5.78. The Morgan fingerprint density at radius 2 is 2.17 bits per heavy atom. The van der Waals surface area contributed by atoms with Gasteiger partial charge in [0.1, 0.15) is 5.75 Å². The van der Waals surface area contributed by atoms with Crippen LogP contribution in [0.15, 0.2) is 35.7 Å². The quantitative estimate of drug-likeness (QED) is 0.840. The van der Waals surface area contributed by atoms with Crippen molar-refractivity contribution in [3.8, 4) is 5.75 Å². The monoisotopic (exact) mass is 262 g/mol. The van der Waals surface area contributed by atoms with Gasteiger partial charge in [0.2, 0.25) is 0 Å². The fourth-order valence-corrected chi connectivity index (χ4v) is 2.56. The molecule has 0 unspecified atom stereocenters. The van der Waals surface area contributed by atoms with Crippen molar-refractivity contribution in [2.24, 2.45) is 0 Å². The molecule has 4 heteroatoms. The molecule has 2 aromatic rings. The number of anilines is 2. The maximum atomic E-state index is 5.90. The van der Waals surface area contributed by atoms with E-state index in [1.165, 1.54) is 4.88 Å². The molecule has 0 saturated carbocycles. The van der Waals surface area contributed by atoms with Gasteiger partial charge in [-0.3, -0.25) is 0 Å². The van der Waals surface area contributed by atoms with Crippen LogP contribution in [0.3, 0.4) is 0 Å². The topological polar surface area (TPSA) is 38.5 Å². The Hall–Kier alpha value is -1.68. The second-order valence-corrected chi connectivity index (χ2v) is 5.16. The van der Waals surface area contributed by atoms with Crippen molar-refractivity contribution in [3.05, 3.63) is 40.6 Å². The smallest absolute Gasteiger partial charge is 0.123 e. The van der Waals surface area contributed by atoms with Gasteiger partial charge in [0.25, 0.3) is 0 Å². The Labute approximate surface area is 112 Å². The first-order valence-corrected chi connectivity index (χ1v) is 6.84. The van der Waals surface area contributed by atoms with Crippen LogP contribution in [0.5, 0.6) is 5.75 Å². The Bertz CT molecular complexity index is 497. The van der Waals surface area contributed by atoms with Gasteiger partial charge in [0.15, 0.2) is 0 Å². The summed E-state index contributed by atoms with van der Waals surface area (Å²) in [6, 6.07) is 10.0. The Morgan fingerprint density at radius 1 is 1.33 bits per heavy atom. The molecular weight excluding hydrogens is 244 g/mol. The highest BCUT2D eigenvalue weighted by molar-refractivity contribution is 7.09. The van der Waals surface area contributed by atoms with Crippen LogP contribution < -0.4 is 15.4 Å². The normalized spacial score (nSPS) is 10.3. The van der Waals surface area contributed by atoms with Crippen molar-refractivity contribution in [3.63, 3.8) is 0 Å². The highest BCUT2D eigenvalue weighted by atomic mass is 32.1. The molecule has 0 fully saturated rings. The van der Waals surface area contributed by atoms with Gasteiger partial charge in [-0.05, 0) is 24.4 Å². The molecule has 0 saturated heterocycles. The standard InChI is InChI=1S/C14H18N2OS/c1-3-17-13-8-11(15)7-12(9-13)16(2)10-14-5-4-6-18-14/h4-9H,3,10,15H2,1-2H3. The molecule has 0 bridgehead atoms. The average Bonchev–Trinajstić information content (AvgIpc) is 2.81. The minimum Gasteiger partial charge on any atom is -0.494 e. The van der Waals surface area contributed by atoms with Crippen LogP contribution in [-0.2, 0) is 6.54 Å². The lowest BCUT2D eigenvalue weighted by atomic mass is 10.2. The largest absolute Gasteiger partial charge is 0.494 e. The van der Waals surface area contributed by atoms with Crippen LogP contribution in [0.1, 0.15) is 11.8 Å². The van der Waals surface area contributed by atoms with Gasteiger partial charge in [-0.1, -0.05) is 6.07 Å². The summed E-state index contributed by atoms with van der Waals surface area (Å²) in [7, 11) is 2.06. The summed E-state index contributed by atoms with van der Waals surface area (Å²) < 4.78 is 5.51. The third-order valence-corrected chi connectivity index (χ3v) is 3.50. The van der Waals surface area contributed by atoms with E-state index in [2.05, 4.69) is 29.5 Å². The number of ether oxygens (including phenoxy) is 1. The Balaban J connectivity index is 2.16. The molecule has 0 atom stereocenters. The van der Waals surface area contributed by atoms with E-state index in [1.807, 2.05) is 25.1 Å². The third-order valence-electron chi connectivity index (χ3n) is 2.64. The Morgan fingerprint density at radius 3 is 2.83 bits per heavy atom. The van der Waals surface area contributed by atoms with Crippen molar-refractivity contribution < 1.29 is 4.74 Å². The van der Waals surface area contributed by atoms with Crippen molar-refractivity contribution in [1.29, 1.82) is 0 Å². The molecule has 0 spiro atoms. The van der Waals surface area contributed by atoms with Gasteiger partial charge in [0.05, 0.1) is 13.2 Å². The van der Waals surface area contributed by atoms with E-state index in [4.69, 9.17) is 10.5 Å². The third kappa shape index (κ3) is 3.17. The molecule has 18 heavy (non-hydrogen) atoms. The van der Waals surface area contributed by atoms with Gasteiger partial charge in [-0.25, -0.2) is 0 Å². The maximum absolute atomic E-state index is 5.90. The number of rotatable bonds is 5. The highest BCUT2D eigenvalue weighted by Crippen LogP contribution is 2.26. The predicted molar refractivity (Wildman–Crippen MR) is 78.4 cm³/mol. The number of benzene rings is 1. The SMILES string of the molecule is CCOc1cc(N)cc(N(C)Cc2cccs2)c1. The molecule has 1 aromatic carbocycles. The number of nitrogens with two attached hydrogens (primary N) is 1. The van der Waals surface area contributed by atoms with Gasteiger partial charge in [-0.15, -0.1) is 11.3 Å². The number of thiophene rings is 1. The maximum Gasteiger partial charge on any atom is 0.123 e. The fourth-order valence-electron chi connectivity index (χ4n) is 1.80. The first kappa shape index (κ1) is 12.8. The van der Waals surface area contributed by atoms with Crippen LogP contribution >= 0.6 is 11.3 Å². The van der Waals surface area contributed by atoms with E-state index in [0.29, 0.717) is 6.61 Å². The lowest BCUT2D eigenvalue weighted by Crippen LogP contribution is -2.15. The summed E-state index contributed by atoms with van der Waals surface area (Å²) in [5.74, 6) is 0.825. The minimum atomic E-state index is 0.650. The lowest BCUT2D eigenvalue weighted by molar-refractivity contribution is 0.340. The molecule has 3 nitrogen and oxygen atoms in total. The summed E-state index contributed by atoms with van der Waals surface area (Å²) in [5.41, 5.74) is 7.70. The van der Waals surface area contributed by atoms with Crippen molar-refractivity contribution >= 4 is 22.7 Å². The number of hydrogen-bond acceptors (Lipinski definition) is 4. The zero-order chi connectivity index (χ0) is 13.0.